The fraction of sp³-hybridized carbons (Fsp3) is 0.278. The van der Waals surface area contributed by atoms with Crippen molar-refractivity contribution in [3.05, 3.63) is 58.6 Å². The van der Waals surface area contributed by atoms with Gasteiger partial charge in [-0.1, -0.05) is 44.5 Å². The largest absolute Gasteiger partial charge is 0.433 e. The molecule has 0 saturated heterocycles. The van der Waals surface area contributed by atoms with Gasteiger partial charge in [0.25, 0.3) is 5.91 Å². The summed E-state index contributed by atoms with van der Waals surface area (Å²) in [6.07, 6.45) is 0. The summed E-state index contributed by atoms with van der Waals surface area (Å²) < 4.78 is 28.7. The highest BCUT2D eigenvalue weighted by Gasteiger charge is 2.15. The van der Waals surface area contributed by atoms with Crippen molar-refractivity contribution in [2.24, 2.45) is 0 Å². The Kier molecular flexibility index (Phi) is 5.44. The first kappa shape index (κ1) is 18.2. The maximum Gasteiger partial charge on any atom is 0.387 e. The number of carbonyl (C=O) groups is 1. The van der Waals surface area contributed by atoms with Crippen molar-refractivity contribution in [3.8, 4) is 5.75 Å². The van der Waals surface area contributed by atoms with Crippen LogP contribution in [0.5, 0.6) is 5.75 Å². The van der Waals surface area contributed by atoms with Crippen LogP contribution < -0.4 is 10.1 Å². The molecule has 0 spiro atoms. The zero-order valence-corrected chi connectivity index (χ0v) is 14.3. The summed E-state index contributed by atoms with van der Waals surface area (Å²) in [5, 5.41) is 2.67. The fourth-order valence-electron chi connectivity index (χ4n) is 2.10. The van der Waals surface area contributed by atoms with E-state index in [1.165, 1.54) is 18.2 Å². The molecule has 0 unspecified atom stereocenters. The minimum absolute atomic E-state index is 0.00304. The molecule has 0 atom stereocenters. The van der Waals surface area contributed by atoms with E-state index in [0.29, 0.717) is 11.3 Å². The van der Waals surface area contributed by atoms with Crippen LogP contribution in [-0.4, -0.2) is 12.5 Å². The van der Waals surface area contributed by atoms with E-state index in [9.17, 15) is 13.6 Å². The van der Waals surface area contributed by atoms with Gasteiger partial charge in [-0.3, -0.25) is 4.79 Å². The first-order valence-corrected chi connectivity index (χ1v) is 7.71. The van der Waals surface area contributed by atoms with Crippen LogP contribution in [0.4, 0.5) is 14.5 Å². The van der Waals surface area contributed by atoms with E-state index in [0.717, 1.165) is 5.56 Å². The van der Waals surface area contributed by atoms with Gasteiger partial charge in [-0.2, -0.15) is 8.78 Å². The van der Waals surface area contributed by atoms with Crippen molar-refractivity contribution >= 4 is 23.2 Å². The molecule has 1 N–H and O–H groups in total. The van der Waals surface area contributed by atoms with E-state index in [1.807, 2.05) is 12.1 Å². The van der Waals surface area contributed by atoms with Crippen LogP contribution in [0, 0.1) is 0 Å². The number of carbonyl (C=O) groups excluding carboxylic acids is 1. The molecule has 0 heterocycles. The Hall–Kier alpha value is -2.14. The van der Waals surface area contributed by atoms with Crippen LogP contribution in [0.2, 0.25) is 5.02 Å². The average Bonchev–Trinajstić information content (AvgIpc) is 2.49. The molecule has 2 aromatic carbocycles. The number of halogens is 3. The van der Waals surface area contributed by atoms with Gasteiger partial charge in [0, 0.05) is 11.3 Å². The van der Waals surface area contributed by atoms with Crippen LogP contribution in [0.1, 0.15) is 36.7 Å². The van der Waals surface area contributed by atoms with Crippen LogP contribution in [0.3, 0.4) is 0 Å². The van der Waals surface area contributed by atoms with Crippen molar-refractivity contribution in [2.75, 3.05) is 5.32 Å². The third-order valence-corrected chi connectivity index (χ3v) is 3.71. The second kappa shape index (κ2) is 7.18. The summed E-state index contributed by atoms with van der Waals surface area (Å²) in [5.74, 6) is -0.451. The number of hydrogen-bond donors (Lipinski definition) is 1. The predicted octanol–water partition coefficient (Wildman–Crippen LogP) is 5.49. The summed E-state index contributed by atoms with van der Waals surface area (Å²) >= 11 is 5.86. The van der Waals surface area contributed by atoms with Crippen LogP contribution in [-0.2, 0) is 5.41 Å². The van der Waals surface area contributed by atoms with Gasteiger partial charge in [0.15, 0.2) is 0 Å². The Morgan fingerprint density at radius 2 is 1.75 bits per heavy atom. The third kappa shape index (κ3) is 4.68. The lowest BCUT2D eigenvalue weighted by atomic mass is 9.87. The van der Waals surface area contributed by atoms with Crippen LogP contribution in [0.25, 0.3) is 0 Å². The first-order valence-electron chi connectivity index (χ1n) is 7.33. The molecule has 0 aliphatic carbocycles. The highest BCUT2D eigenvalue weighted by atomic mass is 35.5. The lowest BCUT2D eigenvalue weighted by Gasteiger charge is -2.19. The van der Waals surface area contributed by atoms with Crippen molar-refractivity contribution in [1.82, 2.24) is 0 Å². The summed E-state index contributed by atoms with van der Waals surface area (Å²) in [6, 6.07) is 11.4. The predicted molar refractivity (Wildman–Crippen MR) is 91.2 cm³/mol. The summed E-state index contributed by atoms with van der Waals surface area (Å²) in [5.41, 5.74) is 2.01. The molecule has 0 bridgehead atoms. The van der Waals surface area contributed by atoms with Crippen molar-refractivity contribution < 1.29 is 18.3 Å². The minimum Gasteiger partial charge on any atom is -0.433 e. The maximum atomic E-state index is 12.2. The molecule has 6 heteroatoms. The molecule has 0 aliphatic heterocycles. The Morgan fingerprint density at radius 1 is 1.12 bits per heavy atom. The molecule has 2 rings (SSSR count). The Morgan fingerprint density at radius 3 is 2.25 bits per heavy atom. The number of alkyl halides is 2. The molecule has 1 amide bonds. The second-order valence-electron chi connectivity index (χ2n) is 6.31. The molecule has 0 fully saturated rings. The molecular weight excluding hydrogens is 336 g/mol. The highest BCUT2D eigenvalue weighted by Crippen LogP contribution is 2.29. The zero-order chi connectivity index (χ0) is 17.9. The molecule has 24 heavy (non-hydrogen) atoms. The van der Waals surface area contributed by atoms with E-state index in [1.54, 1.807) is 12.1 Å². The molecular formula is C18H18ClF2NO2. The second-order valence-corrected chi connectivity index (χ2v) is 6.71. The van der Waals surface area contributed by atoms with Gasteiger partial charge in [0.05, 0.1) is 5.02 Å². The van der Waals surface area contributed by atoms with Gasteiger partial charge >= 0.3 is 6.61 Å². The first-order chi connectivity index (χ1) is 11.2. The van der Waals surface area contributed by atoms with E-state index < -0.39 is 6.61 Å². The van der Waals surface area contributed by atoms with Crippen molar-refractivity contribution in [3.63, 3.8) is 0 Å². The molecule has 0 saturated carbocycles. The molecule has 2 aromatic rings. The zero-order valence-electron chi connectivity index (χ0n) is 13.6. The monoisotopic (exact) mass is 353 g/mol. The number of ether oxygens (including phenoxy) is 1. The number of rotatable bonds is 4. The van der Waals surface area contributed by atoms with E-state index >= 15 is 0 Å². The van der Waals surface area contributed by atoms with Crippen LogP contribution in [0.15, 0.2) is 42.5 Å². The molecule has 0 radical (unpaired) electrons. The van der Waals surface area contributed by atoms with E-state index in [2.05, 4.69) is 30.8 Å². The fourth-order valence-corrected chi connectivity index (χ4v) is 2.32. The number of anilines is 1. The number of nitrogens with one attached hydrogen (secondary N) is 1. The third-order valence-electron chi connectivity index (χ3n) is 3.42. The number of amides is 1. The topological polar surface area (TPSA) is 38.3 Å². The van der Waals surface area contributed by atoms with Crippen LogP contribution >= 0.6 is 11.6 Å². The SMILES string of the molecule is CC(C)(C)c1ccc(C(=O)Nc2ccc(OC(F)F)c(Cl)c2)cc1. The lowest BCUT2D eigenvalue weighted by molar-refractivity contribution is -0.0497. The Bertz CT molecular complexity index is 725. The minimum atomic E-state index is -2.95. The number of hydrogen-bond acceptors (Lipinski definition) is 2. The highest BCUT2D eigenvalue weighted by molar-refractivity contribution is 6.32. The molecule has 0 aromatic heterocycles. The van der Waals surface area contributed by atoms with E-state index in [4.69, 9.17) is 11.6 Å². The van der Waals surface area contributed by atoms with Gasteiger partial charge in [0.2, 0.25) is 0 Å². The Labute approximate surface area is 144 Å². The average molecular weight is 354 g/mol. The maximum absolute atomic E-state index is 12.2. The quantitative estimate of drug-likeness (QED) is 0.789. The van der Waals surface area contributed by atoms with Gasteiger partial charge in [-0.05, 0) is 41.3 Å². The van der Waals surface area contributed by atoms with Gasteiger partial charge in [0.1, 0.15) is 5.75 Å². The molecule has 128 valence electrons. The standard InChI is InChI=1S/C18H18ClF2NO2/c1-18(2,3)12-6-4-11(5-7-12)16(23)22-13-8-9-15(14(19)10-13)24-17(20)21/h4-10,17H,1-3H3,(H,22,23). The smallest absolute Gasteiger partial charge is 0.387 e. The summed E-state index contributed by atoms with van der Waals surface area (Å²) in [6.45, 7) is 3.32. The Balaban J connectivity index is 2.11. The lowest BCUT2D eigenvalue weighted by Crippen LogP contribution is -2.14. The van der Waals surface area contributed by atoms with Gasteiger partial charge in [-0.15, -0.1) is 0 Å². The summed E-state index contributed by atoms with van der Waals surface area (Å²) in [4.78, 5) is 12.2. The van der Waals surface area contributed by atoms with Crippen molar-refractivity contribution in [1.29, 1.82) is 0 Å². The summed E-state index contributed by atoms with van der Waals surface area (Å²) in [7, 11) is 0. The molecule has 3 nitrogen and oxygen atoms in total. The van der Waals surface area contributed by atoms with Gasteiger partial charge < -0.3 is 10.1 Å². The normalized spacial score (nSPS) is 11.5. The molecule has 0 aliphatic rings. The van der Waals surface area contributed by atoms with Crippen molar-refractivity contribution in [2.45, 2.75) is 32.8 Å². The number of benzene rings is 2. The van der Waals surface area contributed by atoms with Gasteiger partial charge in [-0.25, -0.2) is 0 Å². The van der Waals surface area contributed by atoms with E-state index in [-0.39, 0.29) is 22.1 Å².